The standard InChI is InChI=1S/C27H25ClN2O4/c1-15(2)20-13-18(6-8-22(20)34-4)25(31)23-24(17-9-11-29-12-10-17)30(27(33)26(23)32)21-14-19(28)7-5-16(21)3/h5-15,24,31H,1-4H3/b25-23-. The lowest BCUT2D eigenvalue weighted by Gasteiger charge is -2.27. The number of benzene rings is 2. The average Bonchev–Trinajstić information content (AvgIpc) is 3.10. The van der Waals surface area contributed by atoms with Crippen LogP contribution in [0.2, 0.25) is 5.02 Å². The van der Waals surface area contributed by atoms with E-state index in [1.54, 1.807) is 68.0 Å². The van der Waals surface area contributed by atoms with Crippen molar-refractivity contribution in [2.24, 2.45) is 0 Å². The fourth-order valence-corrected chi connectivity index (χ4v) is 4.44. The molecule has 1 fully saturated rings. The third-order valence-electron chi connectivity index (χ3n) is 6.02. The number of rotatable bonds is 5. The normalized spacial score (nSPS) is 17.5. The van der Waals surface area contributed by atoms with Crippen LogP contribution in [-0.4, -0.2) is 28.9 Å². The van der Waals surface area contributed by atoms with Crippen molar-refractivity contribution in [3.63, 3.8) is 0 Å². The van der Waals surface area contributed by atoms with E-state index >= 15 is 0 Å². The molecule has 1 amide bonds. The first-order chi connectivity index (χ1) is 16.2. The summed E-state index contributed by atoms with van der Waals surface area (Å²) in [6.45, 7) is 5.87. The number of anilines is 1. The van der Waals surface area contributed by atoms with E-state index in [1.165, 1.54) is 4.90 Å². The number of amides is 1. The largest absolute Gasteiger partial charge is 0.507 e. The van der Waals surface area contributed by atoms with Crippen molar-refractivity contribution >= 4 is 34.7 Å². The Morgan fingerprint density at radius 3 is 2.44 bits per heavy atom. The fourth-order valence-electron chi connectivity index (χ4n) is 4.27. The van der Waals surface area contributed by atoms with Gasteiger partial charge in [0.25, 0.3) is 11.7 Å². The molecule has 1 atom stereocenters. The van der Waals surface area contributed by atoms with Gasteiger partial charge in [-0.15, -0.1) is 0 Å². The smallest absolute Gasteiger partial charge is 0.300 e. The summed E-state index contributed by atoms with van der Waals surface area (Å²) in [5.41, 5.74) is 3.25. The molecule has 1 saturated heterocycles. The second-order valence-electron chi connectivity index (χ2n) is 8.49. The second-order valence-corrected chi connectivity index (χ2v) is 8.93. The minimum atomic E-state index is -0.843. The van der Waals surface area contributed by atoms with Crippen LogP contribution in [0.25, 0.3) is 5.76 Å². The molecular formula is C27H25ClN2O4. The first-order valence-corrected chi connectivity index (χ1v) is 11.3. The predicted octanol–water partition coefficient (Wildman–Crippen LogP) is 5.80. The molecule has 0 radical (unpaired) electrons. The van der Waals surface area contributed by atoms with Crippen LogP contribution in [-0.2, 0) is 9.59 Å². The molecule has 4 rings (SSSR count). The Hall–Kier alpha value is -3.64. The molecule has 3 aromatic rings. The molecule has 0 spiro atoms. The molecule has 174 valence electrons. The molecule has 6 nitrogen and oxygen atoms in total. The monoisotopic (exact) mass is 476 g/mol. The van der Waals surface area contributed by atoms with Crippen LogP contribution in [0.1, 0.15) is 48.1 Å². The van der Waals surface area contributed by atoms with Gasteiger partial charge in [-0.3, -0.25) is 19.5 Å². The lowest BCUT2D eigenvalue weighted by Crippen LogP contribution is -2.30. The number of aryl methyl sites for hydroxylation is 1. The summed E-state index contributed by atoms with van der Waals surface area (Å²) in [5, 5.41) is 11.8. The zero-order chi connectivity index (χ0) is 24.6. The van der Waals surface area contributed by atoms with Crippen molar-refractivity contribution in [3.05, 3.63) is 93.8 Å². The van der Waals surface area contributed by atoms with Crippen LogP contribution in [0.5, 0.6) is 5.75 Å². The highest BCUT2D eigenvalue weighted by Gasteiger charge is 2.47. The number of aliphatic hydroxyl groups is 1. The Kier molecular flexibility index (Phi) is 6.44. The average molecular weight is 477 g/mol. The van der Waals surface area contributed by atoms with E-state index in [2.05, 4.69) is 4.98 Å². The molecule has 1 N–H and O–H groups in total. The molecular weight excluding hydrogens is 452 g/mol. The van der Waals surface area contributed by atoms with Crippen LogP contribution < -0.4 is 9.64 Å². The second kappa shape index (κ2) is 9.31. The summed E-state index contributed by atoms with van der Waals surface area (Å²) in [6, 6.07) is 13.0. The minimum absolute atomic E-state index is 0.00967. The molecule has 0 aliphatic carbocycles. The van der Waals surface area contributed by atoms with Gasteiger partial charge >= 0.3 is 0 Å². The van der Waals surface area contributed by atoms with Gasteiger partial charge in [-0.05, 0) is 72.0 Å². The summed E-state index contributed by atoms with van der Waals surface area (Å²) >= 11 is 6.24. The molecule has 0 saturated carbocycles. The highest BCUT2D eigenvalue weighted by Crippen LogP contribution is 2.44. The van der Waals surface area contributed by atoms with E-state index in [0.717, 1.165) is 11.1 Å². The number of nitrogens with zero attached hydrogens (tertiary/aromatic N) is 2. The lowest BCUT2D eigenvalue weighted by molar-refractivity contribution is -0.132. The number of carbonyl (C=O) groups is 2. The Bertz CT molecular complexity index is 1300. The van der Waals surface area contributed by atoms with Gasteiger partial charge < -0.3 is 9.84 Å². The van der Waals surface area contributed by atoms with Crippen molar-refractivity contribution in [3.8, 4) is 5.75 Å². The lowest BCUT2D eigenvalue weighted by atomic mass is 9.93. The number of hydrogen-bond donors (Lipinski definition) is 1. The minimum Gasteiger partial charge on any atom is -0.507 e. The molecule has 0 bridgehead atoms. The Labute approximate surface area is 203 Å². The number of ether oxygens (including phenoxy) is 1. The van der Waals surface area contributed by atoms with Crippen molar-refractivity contribution in [2.75, 3.05) is 12.0 Å². The van der Waals surface area contributed by atoms with Gasteiger partial charge in [0.1, 0.15) is 11.5 Å². The van der Waals surface area contributed by atoms with Gasteiger partial charge in [0, 0.05) is 28.7 Å². The zero-order valence-corrected chi connectivity index (χ0v) is 20.1. The van der Waals surface area contributed by atoms with E-state index in [4.69, 9.17) is 16.3 Å². The number of aromatic nitrogens is 1. The van der Waals surface area contributed by atoms with Gasteiger partial charge in [-0.25, -0.2) is 0 Å². The van der Waals surface area contributed by atoms with Crippen molar-refractivity contribution in [1.82, 2.24) is 4.98 Å². The molecule has 1 aromatic heterocycles. The number of aliphatic hydroxyl groups excluding tert-OH is 1. The highest BCUT2D eigenvalue weighted by molar-refractivity contribution is 6.52. The number of Topliss-reactive ketones (excluding diaryl/α,β-unsaturated/α-hetero) is 1. The van der Waals surface area contributed by atoms with Crippen LogP contribution in [0, 0.1) is 6.92 Å². The van der Waals surface area contributed by atoms with Crippen molar-refractivity contribution < 1.29 is 19.4 Å². The SMILES string of the molecule is COc1ccc(/C(O)=C2/C(=O)C(=O)N(c3cc(Cl)ccc3C)C2c2ccncc2)cc1C(C)C. The van der Waals surface area contributed by atoms with Crippen LogP contribution in [0.3, 0.4) is 0 Å². The maximum Gasteiger partial charge on any atom is 0.300 e. The number of carbonyl (C=O) groups excluding carboxylic acids is 2. The molecule has 34 heavy (non-hydrogen) atoms. The van der Waals surface area contributed by atoms with Crippen LogP contribution in [0.15, 0.2) is 66.5 Å². The molecule has 1 unspecified atom stereocenters. The number of ketones is 1. The topological polar surface area (TPSA) is 79.7 Å². The van der Waals surface area contributed by atoms with E-state index in [0.29, 0.717) is 27.6 Å². The number of pyridine rings is 1. The maximum atomic E-state index is 13.3. The van der Waals surface area contributed by atoms with Gasteiger partial charge in [0.15, 0.2) is 0 Å². The number of methoxy groups -OCH3 is 1. The summed E-state index contributed by atoms with van der Waals surface area (Å²) in [4.78, 5) is 32.1. The van der Waals surface area contributed by atoms with Gasteiger partial charge in [0.05, 0.1) is 18.7 Å². The van der Waals surface area contributed by atoms with Gasteiger partial charge in [-0.1, -0.05) is 31.5 Å². The third kappa shape index (κ3) is 4.05. The summed E-state index contributed by atoms with van der Waals surface area (Å²) in [6.07, 6.45) is 3.18. The van der Waals surface area contributed by atoms with E-state index in [-0.39, 0.29) is 17.3 Å². The number of hydrogen-bond acceptors (Lipinski definition) is 5. The number of halogens is 1. The molecule has 1 aliphatic rings. The van der Waals surface area contributed by atoms with E-state index in [9.17, 15) is 14.7 Å². The van der Waals surface area contributed by atoms with Gasteiger partial charge in [0.2, 0.25) is 0 Å². The molecule has 2 heterocycles. The quantitative estimate of drug-likeness (QED) is 0.286. The summed E-state index contributed by atoms with van der Waals surface area (Å²) in [7, 11) is 1.59. The zero-order valence-electron chi connectivity index (χ0n) is 19.4. The Morgan fingerprint density at radius 1 is 1.09 bits per heavy atom. The molecule has 7 heteroatoms. The summed E-state index contributed by atoms with van der Waals surface area (Å²) < 4.78 is 5.45. The van der Waals surface area contributed by atoms with Crippen LogP contribution in [0.4, 0.5) is 5.69 Å². The van der Waals surface area contributed by atoms with E-state index < -0.39 is 17.7 Å². The first kappa shape index (κ1) is 23.5. The van der Waals surface area contributed by atoms with Gasteiger partial charge in [-0.2, -0.15) is 0 Å². The Balaban J connectivity index is 1.97. The van der Waals surface area contributed by atoms with Crippen LogP contribution >= 0.6 is 11.6 Å². The van der Waals surface area contributed by atoms with E-state index in [1.807, 2.05) is 20.8 Å². The fraction of sp³-hybridized carbons (Fsp3) is 0.222. The summed E-state index contributed by atoms with van der Waals surface area (Å²) in [5.74, 6) is -0.929. The highest BCUT2D eigenvalue weighted by atomic mass is 35.5. The predicted molar refractivity (Wildman–Crippen MR) is 132 cm³/mol. The van der Waals surface area contributed by atoms with Crippen molar-refractivity contribution in [1.29, 1.82) is 0 Å². The molecule has 1 aliphatic heterocycles. The third-order valence-corrected chi connectivity index (χ3v) is 6.26. The Morgan fingerprint density at radius 2 is 1.79 bits per heavy atom. The maximum absolute atomic E-state index is 13.3. The first-order valence-electron chi connectivity index (χ1n) is 10.9. The van der Waals surface area contributed by atoms with Crippen molar-refractivity contribution in [2.45, 2.75) is 32.7 Å². The molecule has 2 aromatic carbocycles.